The lowest BCUT2D eigenvalue weighted by Crippen LogP contribution is -2.32. The predicted octanol–water partition coefficient (Wildman–Crippen LogP) is 0.824. The Balaban J connectivity index is 1.52. The van der Waals surface area contributed by atoms with E-state index in [0.29, 0.717) is 13.0 Å². The van der Waals surface area contributed by atoms with Crippen LogP contribution >= 0.6 is 0 Å². The molecule has 0 saturated carbocycles. The highest BCUT2D eigenvalue weighted by Gasteiger charge is 2.32. The summed E-state index contributed by atoms with van der Waals surface area (Å²) >= 11 is 0. The van der Waals surface area contributed by atoms with Crippen molar-refractivity contribution >= 4 is 11.4 Å². The van der Waals surface area contributed by atoms with Crippen LogP contribution < -0.4 is 0 Å². The van der Waals surface area contributed by atoms with Crippen LogP contribution in [0.2, 0.25) is 0 Å². The van der Waals surface area contributed by atoms with Gasteiger partial charge in [0, 0.05) is 18.3 Å². The quantitative estimate of drug-likeness (QED) is 0.743. The SMILES string of the molecule is O=C(Cc1cnn2ccccc12)N1CCCC1c1cn(CCO)nn1. The Kier molecular flexibility index (Phi) is 4.19. The Labute approximate surface area is 144 Å². The van der Waals surface area contributed by atoms with Crippen molar-refractivity contribution in [3.63, 3.8) is 0 Å². The Hall–Kier alpha value is -2.74. The molecule has 1 atom stereocenters. The van der Waals surface area contributed by atoms with E-state index in [1.807, 2.05) is 35.5 Å². The second-order valence-electron chi connectivity index (χ2n) is 6.25. The van der Waals surface area contributed by atoms with Crippen LogP contribution in [0.25, 0.3) is 5.52 Å². The number of aliphatic hydroxyl groups is 1. The fourth-order valence-electron chi connectivity index (χ4n) is 3.44. The van der Waals surface area contributed by atoms with Gasteiger partial charge in [-0.3, -0.25) is 4.79 Å². The first-order valence-corrected chi connectivity index (χ1v) is 8.48. The van der Waals surface area contributed by atoms with Gasteiger partial charge in [-0.2, -0.15) is 5.10 Å². The molecule has 4 rings (SSSR count). The number of amides is 1. The molecule has 8 nitrogen and oxygen atoms in total. The van der Waals surface area contributed by atoms with Crippen LogP contribution in [0.5, 0.6) is 0 Å². The number of aliphatic hydroxyl groups excluding tert-OH is 1. The third-order valence-corrected chi connectivity index (χ3v) is 4.65. The number of rotatable bonds is 5. The summed E-state index contributed by atoms with van der Waals surface area (Å²) < 4.78 is 3.39. The number of fused-ring (bicyclic) bond motifs is 1. The second kappa shape index (κ2) is 6.64. The van der Waals surface area contributed by atoms with Crippen molar-refractivity contribution in [2.24, 2.45) is 0 Å². The summed E-state index contributed by atoms with van der Waals surface area (Å²) in [7, 11) is 0. The molecule has 0 aromatic carbocycles. The number of hydrogen-bond donors (Lipinski definition) is 1. The molecule has 0 bridgehead atoms. The highest BCUT2D eigenvalue weighted by atomic mass is 16.3. The fourth-order valence-corrected chi connectivity index (χ4v) is 3.44. The minimum Gasteiger partial charge on any atom is -0.394 e. The molecule has 0 aliphatic carbocycles. The first kappa shape index (κ1) is 15.8. The van der Waals surface area contributed by atoms with Gasteiger partial charge >= 0.3 is 0 Å². The smallest absolute Gasteiger partial charge is 0.227 e. The minimum absolute atomic E-state index is 0.0187. The summed E-state index contributed by atoms with van der Waals surface area (Å²) in [6.07, 6.45) is 7.63. The lowest BCUT2D eigenvalue weighted by Gasteiger charge is -2.22. The number of pyridine rings is 1. The molecule has 130 valence electrons. The van der Waals surface area contributed by atoms with Crippen molar-refractivity contribution in [3.8, 4) is 0 Å². The van der Waals surface area contributed by atoms with Crippen molar-refractivity contribution in [1.29, 1.82) is 0 Å². The van der Waals surface area contributed by atoms with E-state index in [1.54, 1.807) is 15.4 Å². The van der Waals surface area contributed by atoms with Gasteiger partial charge in [-0.05, 0) is 25.0 Å². The summed E-state index contributed by atoms with van der Waals surface area (Å²) in [6.45, 7) is 1.16. The molecular formula is C17H20N6O2. The van der Waals surface area contributed by atoms with Gasteiger partial charge in [-0.15, -0.1) is 5.10 Å². The zero-order valence-electron chi connectivity index (χ0n) is 13.8. The summed E-state index contributed by atoms with van der Waals surface area (Å²) in [6, 6.07) is 5.79. The first-order valence-electron chi connectivity index (χ1n) is 8.48. The van der Waals surface area contributed by atoms with E-state index in [2.05, 4.69) is 15.4 Å². The molecule has 8 heteroatoms. The van der Waals surface area contributed by atoms with Gasteiger partial charge in [-0.1, -0.05) is 11.3 Å². The van der Waals surface area contributed by atoms with E-state index >= 15 is 0 Å². The van der Waals surface area contributed by atoms with Gasteiger partial charge in [0.05, 0.1) is 43.5 Å². The number of carbonyl (C=O) groups is 1. The summed E-state index contributed by atoms with van der Waals surface area (Å²) in [5.41, 5.74) is 2.68. The molecule has 1 saturated heterocycles. The molecule has 1 unspecified atom stereocenters. The standard InChI is InChI=1S/C17H20N6O2/c24-9-8-21-12-14(19-20-21)16-5-3-6-22(16)17(25)10-13-11-18-23-7-2-1-4-15(13)23/h1-2,4,7,11-12,16,24H,3,5-6,8-10H2. The average Bonchev–Trinajstić information content (AvgIpc) is 3.34. The number of hydrogen-bond acceptors (Lipinski definition) is 5. The molecule has 3 aromatic heterocycles. The highest BCUT2D eigenvalue weighted by molar-refractivity contribution is 5.81. The fraction of sp³-hybridized carbons (Fsp3) is 0.412. The van der Waals surface area contributed by atoms with Crippen molar-refractivity contribution in [2.45, 2.75) is 31.8 Å². The van der Waals surface area contributed by atoms with Crippen LogP contribution in [0.4, 0.5) is 0 Å². The molecule has 25 heavy (non-hydrogen) atoms. The summed E-state index contributed by atoms with van der Waals surface area (Å²) in [5.74, 6) is 0.0814. The summed E-state index contributed by atoms with van der Waals surface area (Å²) in [5, 5.41) is 21.5. The largest absolute Gasteiger partial charge is 0.394 e. The maximum Gasteiger partial charge on any atom is 0.227 e. The van der Waals surface area contributed by atoms with E-state index in [9.17, 15) is 4.79 Å². The number of nitrogens with zero attached hydrogens (tertiary/aromatic N) is 6. The third-order valence-electron chi connectivity index (χ3n) is 4.65. The van der Waals surface area contributed by atoms with E-state index in [0.717, 1.165) is 36.2 Å². The molecule has 0 spiro atoms. The van der Waals surface area contributed by atoms with Crippen molar-refractivity contribution in [3.05, 3.63) is 48.0 Å². The maximum atomic E-state index is 12.9. The molecule has 1 aliphatic heterocycles. The molecule has 4 heterocycles. The molecule has 1 aliphatic rings. The van der Waals surface area contributed by atoms with E-state index in [-0.39, 0.29) is 18.6 Å². The normalized spacial score (nSPS) is 17.5. The molecule has 1 N–H and O–H groups in total. The van der Waals surface area contributed by atoms with Crippen LogP contribution in [-0.2, 0) is 17.8 Å². The molecule has 1 fully saturated rings. The predicted molar refractivity (Wildman–Crippen MR) is 89.7 cm³/mol. The van der Waals surface area contributed by atoms with Crippen LogP contribution in [0.15, 0.2) is 36.8 Å². The van der Waals surface area contributed by atoms with E-state index < -0.39 is 0 Å². The number of likely N-dealkylation sites (tertiary alicyclic amines) is 1. The van der Waals surface area contributed by atoms with Crippen molar-refractivity contribution in [2.75, 3.05) is 13.2 Å². The molecule has 3 aromatic rings. The van der Waals surface area contributed by atoms with Gasteiger partial charge in [-0.25, -0.2) is 9.20 Å². The highest BCUT2D eigenvalue weighted by Crippen LogP contribution is 2.31. The van der Waals surface area contributed by atoms with Gasteiger partial charge < -0.3 is 10.0 Å². The second-order valence-corrected chi connectivity index (χ2v) is 6.25. The lowest BCUT2D eigenvalue weighted by atomic mass is 10.1. The Morgan fingerprint density at radius 1 is 1.36 bits per heavy atom. The maximum absolute atomic E-state index is 12.9. The van der Waals surface area contributed by atoms with Crippen LogP contribution in [0.1, 0.15) is 30.1 Å². The zero-order chi connectivity index (χ0) is 17.2. The van der Waals surface area contributed by atoms with E-state index in [4.69, 9.17) is 5.11 Å². The monoisotopic (exact) mass is 340 g/mol. The molecule has 1 amide bonds. The molecule has 0 radical (unpaired) electrons. The zero-order valence-corrected chi connectivity index (χ0v) is 13.8. The van der Waals surface area contributed by atoms with Crippen molar-refractivity contribution < 1.29 is 9.90 Å². The lowest BCUT2D eigenvalue weighted by molar-refractivity contribution is -0.131. The van der Waals surface area contributed by atoms with Crippen LogP contribution in [0, 0.1) is 0 Å². The number of aromatic nitrogens is 5. The first-order chi connectivity index (χ1) is 12.3. The third kappa shape index (κ3) is 3.00. The summed E-state index contributed by atoms with van der Waals surface area (Å²) in [4.78, 5) is 14.8. The molecular weight excluding hydrogens is 320 g/mol. The van der Waals surface area contributed by atoms with Crippen molar-refractivity contribution in [1.82, 2.24) is 29.5 Å². The van der Waals surface area contributed by atoms with Crippen LogP contribution in [0.3, 0.4) is 0 Å². The Bertz CT molecular complexity index is 886. The topological polar surface area (TPSA) is 88.6 Å². The van der Waals surface area contributed by atoms with Gasteiger partial charge in [0.15, 0.2) is 0 Å². The van der Waals surface area contributed by atoms with E-state index in [1.165, 1.54) is 0 Å². The Morgan fingerprint density at radius 3 is 3.16 bits per heavy atom. The number of carbonyl (C=O) groups excluding carboxylic acids is 1. The van der Waals surface area contributed by atoms with Gasteiger partial charge in [0.25, 0.3) is 0 Å². The van der Waals surface area contributed by atoms with Gasteiger partial charge in [0.1, 0.15) is 5.69 Å². The van der Waals surface area contributed by atoms with Gasteiger partial charge in [0.2, 0.25) is 5.91 Å². The minimum atomic E-state index is -0.0400. The van der Waals surface area contributed by atoms with Crippen LogP contribution in [-0.4, -0.2) is 53.7 Å². The Morgan fingerprint density at radius 2 is 2.28 bits per heavy atom. The average molecular weight is 340 g/mol.